The zero-order chi connectivity index (χ0) is 16.3. The molecule has 0 bridgehead atoms. The number of carboxylic acids is 1. The number of carboxylic acid groups (broad SMARTS) is 1. The van der Waals surface area contributed by atoms with E-state index in [1.807, 2.05) is 13.8 Å². The summed E-state index contributed by atoms with van der Waals surface area (Å²) in [5.41, 5.74) is -0.394. The van der Waals surface area contributed by atoms with Crippen molar-refractivity contribution < 1.29 is 14.7 Å². The number of hydrogen-bond acceptors (Lipinski definition) is 4. The minimum absolute atomic E-state index is 0.00482. The molecule has 116 valence electrons. The van der Waals surface area contributed by atoms with E-state index in [0.29, 0.717) is 17.2 Å². The molecule has 7 nitrogen and oxygen atoms in total. The predicted molar refractivity (Wildman–Crippen MR) is 80.7 cm³/mol. The molecule has 2 rings (SSSR count). The summed E-state index contributed by atoms with van der Waals surface area (Å²) in [6.45, 7) is 3.74. The quantitative estimate of drug-likeness (QED) is 0.767. The molecule has 0 unspecified atom stereocenters. The third kappa shape index (κ3) is 3.30. The third-order valence-electron chi connectivity index (χ3n) is 3.22. The summed E-state index contributed by atoms with van der Waals surface area (Å²) in [4.78, 5) is 35.2. The summed E-state index contributed by atoms with van der Waals surface area (Å²) in [6, 6.07) is 5.54. The van der Waals surface area contributed by atoms with Crippen LogP contribution in [0.3, 0.4) is 0 Å². The Hall–Kier alpha value is -2.70. The number of aromatic amines is 1. The molecular weight excluding hydrogens is 286 g/mol. The van der Waals surface area contributed by atoms with Crippen molar-refractivity contribution in [3.63, 3.8) is 0 Å². The maximum absolute atomic E-state index is 12.3. The Morgan fingerprint density at radius 1 is 1.27 bits per heavy atom. The Bertz CT molecular complexity index is 767. The van der Waals surface area contributed by atoms with E-state index in [9.17, 15) is 19.5 Å². The van der Waals surface area contributed by atoms with Crippen molar-refractivity contribution in [2.75, 3.05) is 0 Å². The molecule has 0 aliphatic carbocycles. The van der Waals surface area contributed by atoms with E-state index < -0.39 is 23.5 Å². The van der Waals surface area contributed by atoms with Gasteiger partial charge >= 0.3 is 5.97 Å². The van der Waals surface area contributed by atoms with Gasteiger partial charge in [0, 0.05) is 5.39 Å². The van der Waals surface area contributed by atoms with Gasteiger partial charge in [0.2, 0.25) is 0 Å². The van der Waals surface area contributed by atoms with Gasteiger partial charge in [0.15, 0.2) is 5.69 Å². The third-order valence-corrected chi connectivity index (χ3v) is 3.22. The van der Waals surface area contributed by atoms with Crippen LogP contribution in [0.2, 0.25) is 0 Å². The van der Waals surface area contributed by atoms with Gasteiger partial charge in [-0.25, -0.2) is 9.89 Å². The average molecular weight is 303 g/mol. The van der Waals surface area contributed by atoms with E-state index in [0.717, 1.165) is 0 Å². The van der Waals surface area contributed by atoms with Gasteiger partial charge in [-0.3, -0.25) is 9.59 Å². The number of aliphatic carboxylic acids is 1. The van der Waals surface area contributed by atoms with E-state index in [1.165, 1.54) is 0 Å². The van der Waals surface area contributed by atoms with Crippen LogP contribution in [0.4, 0.5) is 0 Å². The summed E-state index contributed by atoms with van der Waals surface area (Å²) in [7, 11) is 0. The highest BCUT2D eigenvalue weighted by molar-refractivity contribution is 6.05. The number of carbonyl (C=O) groups is 2. The first kappa shape index (κ1) is 15.7. The first-order valence-electron chi connectivity index (χ1n) is 6.91. The molecule has 0 aliphatic heterocycles. The number of amides is 1. The van der Waals surface area contributed by atoms with E-state index in [-0.39, 0.29) is 11.6 Å². The van der Waals surface area contributed by atoms with Gasteiger partial charge < -0.3 is 10.4 Å². The van der Waals surface area contributed by atoms with Crippen LogP contribution in [0.15, 0.2) is 29.1 Å². The molecule has 1 aromatic heterocycles. The van der Waals surface area contributed by atoms with Gasteiger partial charge in [-0.2, -0.15) is 5.10 Å². The van der Waals surface area contributed by atoms with Crippen LogP contribution in [0.1, 0.15) is 30.8 Å². The standard InChI is InChI=1S/C15H17N3O4/c1-8(2)7-11(15(21)22)16-14(20)12-9-5-3-4-6-10(9)13(19)18-17-12/h3-6,8,11H,7H2,1-2H3,(H,16,20)(H,18,19)(H,21,22)/t11-/m1/s1. The summed E-state index contributed by atoms with van der Waals surface area (Å²) in [5.74, 6) is -1.61. The van der Waals surface area contributed by atoms with Crippen LogP contribution in [0, 0.1) is 5.92 Å². The van der Waals surface area contributed by atoms with Crippen molar-refractivity contribution >= 4 is 22.6 Å². The Labute approximate surface area is 126 Å². The van der Waals surface area contributed by atoms with Crippen molar-refractivity contribution in [1.82, 2.24) is 15.5 Å². The number of H-pyrrole nitrogens is 1. The van der Waals surface area contributed by atoms with Crippen LogP contribution in [-0.2, 0) is 4.79 Å². The minimum Gasteiger partial charge on any atom is -0.480 e. The maximum Gasteiger partial charge on any atom is 0.326 e. The molecule has 0 saturated heterocycles. The molecular formula is C15H17N3O4. The lowest BCUT2D eigenvalue weighted by Crippen LogP contribution is -2.42. The lowest BCUT2D eigenvalue weighted by atomic mass is 10.0. The maximum atomic E-state index is 12.3. The molecule has 1 amide bonds. The van der Waals surface area contributed by atoms with Gasteiger partial charge in [0.25, 0.3) is 11.5 Å². The van der Waals surface area contributed by atoms with Crippen LogP contribution in [-0.4, -0.2) is 33.2 Å². The number of benzene rings is 1. The molecule has 2 aromatic rings. The van der Waals surface area contributed by atoms with E-state index >= 15 is 0 Å². The molecule has 1 aromatic carbocycles. The Balaban J connectivity index is 2.36. The molecule has 0 aliphatic rings. The molecule has 0 fully saturated rings. The van der Waals surface area contributed by atoms with Crippen molar-refractivity contribution in [2.45, 2.75) is 26.3 Å². The van der Waals surface area contributed by atoms with Crippen molar-refractivity contribution in [1.29, 1.82) is 0 Å². The lowest BCUT2D eigenvalue weighted by Gasteiger charge is -2.16. The zero-order valence-electron chi connectivity index (χ0n) is 12.3. The van der Waals surface area contributed by atoms with Gasteiger partial charge in [-0.15, -0.1) is 0 Å². The van der Waals surface area contributed by atoms with E-state index in [4.69, 9.17) is 0 Å². The Morgan fingerprint density at radius 2 is 1.91 bits per heavy atom. The molecule has 1 heterocycles. The number of rotatable bonds is 5. The molecule has 0 saturated carbocycles. The second-order valence-corrected chi connectivity index (χ2v) is 5.44. The summed E-state index contributed by atoms with van der Waals surface area (Å²) in [6.07, 6.45) is 0.308. The second kappa shape index (κ2) is 6.38. The number of aromatic nitrogens is 2. The zero-order valence-corrected chi connectivity index (χ0v) is 12.3. The van der Waals surface area contributed by atoms with Gasteiger partial charge in [0.1, 0.15) is 6.04 Å². The topological polar surface area (TPSA) is 112 Å². The van der Waals surface area contributed by atoms with Crippen molar-refractivity contribution in [3.05, 3.63) is 40.3 Å². The lowest BCUT2D eigenvalue weighted by molar-refractivity contribution is -0.139. The van der Waals surface area contributed by atoms with Crippen LogP contribution in [0.25, 0.3) is 10.8 Å². The predicted octanol–water partition coefficient (Wildman–Crippen LogP) is 1.15. The first-order chi connectivity index (χ1) is 10.4. The largest absolute Gasteiger partial charge is 0.480 e. The first-order valence-corrected chi connectivity index (χ1v) is 6.91. The van der Waals surface area contributed by atoms with Gasteiger partial charge in [-0.1, -0.05) is 32.0 Å². The highest BCUT2D eigenvalue weighted by atomic mass is 16.4. The summed E-state index contributed by atoms with van der Waals surface area (Å²) in [5, 5.41) is 18.4. The van der Waals surface area contributed by atoms with Crippen LogP contribution < -0.4 is 10.9 Å². The molecule has 7 heteroatoms. The molecule has 3 N–H and O–H groups in total. The highest BCUT2D eigenvalue weighted by Gasteiger charge is 2.23. The number of hydrogen-bond donors (Lipinski definition) is 3. The molecule has 22 heavy (non-hydrogen) atoms. The Kier molecular flexibility index (Phi) is 4.55. The number of nitrogens with zero attached hydrogens (tertiary/aromatic N) is 1. The fourth-order valence-electron chi connectivity index (χ4n) is 2.21. The fraction of sp³-hybridized carbons (Fsp3) is 0.333. The number of nitrogens with one attached hydrogen (secondary N) is 2. The van der Waals surface area contributed by atoms with Crippen LogP contribution in [0.5, 0.6) is 0 Å². The highest BCUT2D eigenvalue weighted by Crippen LogP contribution is 2.13. The van der Waals surface area contributed by atoms with E-state index in [2.05, 4.69) is 15.5 Å². The Morgan fingerprint density at radius 3 is 2.50 bits per heavy atom. The normalized spacial score (nSPS) is 12.3. The number of carbonyl (C=O) groups excluding carboxylic acids is 1. The number of fused-ring (bicyclic) bond motifs is 1. The van der Waals surface area contributed by atoms with Crippen molar-refractivity contribution in [2.24, 2.45) is 5.92 Å². The average Bonchev–Trinajstić information content (AvgIpc) is 2.46. The monoisotopic (exact) mass is 303 g/mol. The van der Waals surface area contributed by atoms with Crippen molar-refractivity contribution in [3.8, 4) is 0 Å². The van der Waals surface area contributed by atoms with Crippen LogP contribution >= 0.6 is 0 Å². The SMILES string of the molecule is CC(C)C[C@@H](NC(=O)c1n[nH]c(=O)c2ccccc12)C(=O)O. The smallest absolute Gasteiger partial charge is 0.326 e. The summed E-state index contributed by atoms with van der Waals surface area (Å²) < 4.78 is 0. The fourth-order valence-corrected chi connectivity index (χ4v) is 2.21. The summed E-state index contributed by atoms with van der Waals surface area (Å²) >= 11 is 0. The minimum atomic E-state index is -1.10. The van der Waals surface area contributed by atoms with Gasteiger partial charge in [0.05, 0.1) is 5.39 Å². The van der Waals surface area contributed by atoms with Gasteiger partial charge in [-0.05, 0) is 18.4 Å². The van der Waals surface area contributed by atoms with E-state index in [1.54, 1.807) is 24.3 Å². The molecule has 0 radical (unpaired) electrons. The second-order valence-electron chi connectivity index (χ2n) is 5.44. The molecule has 1 atom stereocenters. The molecule has 0 spiro atoms.